The van der Waals surface area contributed by atoms with Crippen LogP contribution in [0.2, 0.25) is 0 Å². The second-order valence-electron chi connectivity index (χ2n) is 3.67. The summed E-state index contributed by atoms with van der Waals surface area (Å²) in [6, 6.07) is 5.63. The molecule has 3 nitrogen and oxygen atoms in total. The summed E-state index contributed by atoms with van der Waals surface area (Å²) >= 11 is 0. The Kier molecular flexibility index (Phi) is 2.95. The lowest BCUT2D eigenvalue weighted by Crippen LogP contribution is -1.95. The third kappa shape index (κ3) is 1.81. The van der Waals surface area contributed by atoms with Crippen LogP contribution in [0.1, 0.15) is 18.4 Å². The van der Waals surface area contributed by atoms with Crippen molar-refractivity contribution in [2.45, 2.75) is 12.8 Å². The van der Waals surface area contributed by atoms with Gasteiger partial charge in [-0.3, -0.25) is 4.79 Å². The van der Waals surface area contributed by atoms with Crippen molar-refractivity contribution in [3.8, 4) is 11.5 Å². The number of hydrogen-bond donors (Lipinski definition) is 0. The fourth-order valence-corrected chi connectivity index (χ4v) is 1.96. The van der Waals surface area contributed by atoms with Crippen LogP contribution >= 0.6 is 0 Å². The molecule has 0 amide bonds. The monoisotopic (exact) mass is 218 g/mol. The smallest absolute Gasteiger partial charge is 0.156 e. The summed E-state index contributed by atoms with van der Waals surface area (Å²) in [6.45, 7) is 0. The van der Waals surface area contributed by atoms with Crippen LogP contribution in [0.3, 0.4) is 0 Å². The van der Waals surface area contributed by atoms with Gasteiger partial charge in [-0.25, -0.2) is 0 Å². The predicted molar refractivity (Wildman–Crippen MR) is 61.8 cm³/mol. The fourth-order valence-electron chi connectivity index (χ4n) is 1.96. The number of allylic oxidation sites excluding steroid dienone is 2. The van der Waals surface area contributed by atoms with E-state index in [0.717, 1.165) is 29.1 Å². The molecule has 3 heteroatoms. The van der Waals surface area contributed by atoms with E-state index in [1.807, 2.05) is 18.2 Å². The van der Waals surface area contributed by atoms with Gasteiger partial charge in [0.1, 0.15) is 11.5 Å². The Labute approximate surface area is 94.7 Å². The largest absolute Gasteiger partial charge is 0.496 e. The predicted octanol–water partition coefficient (Wildman–Crippen LogP) is 2.45. The minimum absolute atomic E-state index is 0.169. The third-order valence-corrected chi connectivity index (χ3v) is 2.72. The Hall–Kier alpha value is -1.77. The number of hydrogen-bond acceptors (Lipinski definition) is 3. The maximum absolute atomic E-state index is 11.3. The Morgan fingerprint density at radius 2 is 1.69 bits per heavy atom. The topological polar surface area (TPSA) is 35.5 Å². The highest BCUT2D eigenvalue weighted by atomic mass is 16.5. The average molecular weight is 218 g/mol. The van der Waals surface area contributed by atoms with E-state index in [9.17, 15) is 4.79 Å². The minimum Gasteiger partial charge on any atom is -0.496 e. The van der Waals surface area contributed by atoms with Crippen LogP contribution in [0.4, 0.5) is 0 Å². The van der Waals surface area contributed by atoms with Gasteiger partial charge in [-0.05, 0) is 30.2 Å². The Bertz CT molecular complexity index is 424. The van der Waals surface area contributed by atoms with Gasteiger partial charge in [0.15, 0.2) is 5.78 Å². The zero-order valence-corrected chi connectivity index (χ0v) is 9.45. The van der Waals surface area contributed by atoms with Gasteiger partial charge >= 0.3 is 0 Å². The van der Waals surface area contributed by atoms with Crippen molar-refractivity contribution in [1.29, 1.82) is 0 Å². The zero-order valence-electron chi connectivity index (χ0n) is 9.45. The molecule has 0 atom stereocenters. The quantitative estimate of drug-likeness (QED) is 0.781. The van der Waals surface area contributed by atoms with Crippen molar-refractivity contribution >= 4 is 11.4 Å². The van der Waals surface area contributed by atoms with E-state index in [1.165, 1.54) is 0 Å². The van der Waals surface area contributed by atoms with Gasteiger partial charge in [-0.2, -0.15) is 0 Å². The molecule has 0 radical (unpaired) electrons. The van der Waals surface area contributed by atoms with Crippen molar-refractivity contribution in [1.82, 2.24) is 0 Å². The van der Waals surface area contributed by atoms with E-state index >= 15 is 0 Å². The van der Waals surface area contributed by atoms with Gasteiger partial charge in [0, 0.05) is 6.42 Å². The molecule has 1 aliphatic rings. The van der Waals surface area contributed by atoms with Crippen LogP contribution in [0, 0.1) is 0 Å². The van der Waals surface area contributed by atoms with E-state index in [1.54, 1.807) is 20.3 Å². The lowest BCUT2D eigenvalue weighted by atomic mass is 10.0. The summed E-state index contributed by atoms with van der Waals surface area (Å²) in [6.07, 6.45) is 3.02. The molecule has 0 heterocycles. The molecule has 1 aromatic carbocycles. The number of methoxy groups -OCH3 is 2. The number of ether oxygens (including phenoxy) is 2. The first-order valence-corrected chi connectivity index (χ1v) is 5.21. The van der Waals surface area contributed by atoms with Gasteiger partial charge in [0.25, 0.3) is 0 Å². The van der Waals surface area contributed by atoms with Crippen LogP contribution in [-0.4, -0.2) is 20.0 Å². The molecule has 0 N–H and O–H groups in total. The number of ketones is 1. The van der Waals surface area contributed by atoms with Gasteiger partial charge < -0.3 is 9.47 Å². The molecule has 0 saturated carbocycles. The maximum atomic E-state index is 11.3. The Balaban J connectivity index is 2.52. The number of benzene rings is 1. The van der Waals surface area contributed by atoms with Gasteiger partial charge in [0.05, 0.1) is 19.8 Å². The molecule has 0 bridgehead atoms. The first kappa shape index (κ1) is 10.7. The number of carbonyl (C=O) groups excluding carboxylic acids is 1. The summed E-state index contributed by atoms with van der Waals surface area (Å²) in [5.41, 5.74) is 1.90. The first-order chi connectivity index (χ1) is 7.76. The second kappa shape index (κ2) is 4.39. The molecule has 0 saturated heterocycles. The normalized spacial score (nSPS) is 14.9. The Morgan fingerprint density at radius 3 is 2.12 bits per heavy atom. The molecule has 0 fully saturated rings. The second-order valence-corrected chi connectivity index (χ2v) is 3.67. The minimum atomic E-state index is 0.169. The highest BCUT2D eigenvalue weighted by molar-refractivity contribution is 6.02. The molecule has 1 aliphatic carbocycles. The van der Waals surface area contributed by atoms with Gasteiger partial charge in [0.2, 0.25) is 0 Å². The van der Waals surface area contributed by atoms with E-state index < -0.39 is 0 Å². The van der Waals surface area contributed by atoms with Crippen molar-refractivity contribution in [3.63, 3.8) is 0 Å². The van der Waals surface area contributed by atoms with Crippen LogP contribution in [-0.2, 0) is 4.79 Å². The molecule has 0 spiro atoms. The SMILES string of the molecule is COc1cccc(OC)c1C1=CC(=O)CC1. The van der Waals surface area contributed by atoms with E-state index in [-0.39, 0.29) is 5.78 Å². The number of carbonyl (C=O) groups is 1. The van der Waals surface area contributed by atoms with Crippen LogP contribution < -0.4 is 9.47 Å². The van der Waals surface area contributed by atoms with E-state index in [4.69, 9.17) is 9.47 Å². The highest BCUT2D eigenvalue weighted by Gasteiger charge is 2.20. The molecule has 16 heavy (non-hydrogen) atoms. The van der Waals surface area contributed by atoms with Crippen LogP contribution in [0.25, 0.3) is 5.57 Å². The van der Waals surface area contributed by atoms with E-state index in [2.05, 4.69) is 0 Å². The standard InChI is InChI=1S/C13H14O3/c1-15-11-4-3-5-12(16-2)13(11)9-6-7-10(14)8-9/h3-5,8H,6-7H2,1-2H3. The molecule has 0 aromatic heterocycles. The summed E-state index contributed by atoms with van der Waals surface area (Å²) < 4.78 is 10.6. The first-order valence-electron chi connectivity index (χ1n) is 5.21. The summed E-state index contributed by atoms with van der Waals surface area (Å²) in [5, 5.41) is 0. The molecule has 0 unspecified atom stereocenters. The summed E-state index contributed by atoms with van der Waals surface area (Å²) in [7, 11) is 3.24. The molecule has 1 aromatic rings. The summed E-state index contributed by atoms with van der Waals surface area (Å²) in [4.78, 5) is 11.3. The maximum Gasteiger partial charge on any atom is 0.156 e. The molecule has 0 aliphatic heterocycles. The average Bonchev–Trinajstić information content (AvgIpc) is 2.74. The van der Waals surface area contributed by atoms with E-state index in [0.29, 0.717) is 6.42 Å². The molecular weight excluding hydrogens is 204 g/mol. The zero-order chi connectivity index (χ0) is 11.5. The van der Waals surface area contributed by atoms with Crippen molar-refractivity contribution in [2.24, 2.45) is 0 Å². The van der Waals surface area contributed by atoms with Crippen molar-refractivity contribution in [3.05, 3.63) is 29.8 Å². The van der Waals surface area contributed by atoms with Crippen molar-refractivity contribution in [2.75, 3.05) is 14.2 Å². The van der Waals surface area contributed by atoms with Gasteiger partial charge in [-0.15, -0.1) is 0 Å². The Morgan fingerprint density at radius 1 is 1.06 bits per heavy atom. The lowest BCUT2D eigenvalue weighted by molar-refractivity contribution is -0.114. The van der Waals surface area contributed by atoms with Crippen LogP contribution in [0.15, 0.2) is 24.3 Å². The molecular formula is C13H14O3. The van der Waals surface area contributed by atoms with Gasteiger partial charge in [-0.1, -0.05) is 6.07 Å². The van der Waals surface area contributed by atoms with Crippen molar-refractivity contribution < 1.29 is 14.3 Å². The number of rotatable bonds is 3. The fraction of sp³-hybridized carbons (Fsp3) is 0.308. The van der Waals surface area contributed by atoms with Crippen LogP contribution in [0.5, 0.6) is 11.5 Å². The lowest BCUT2D eigenvalue weighted by Gasteiger charge is -2.13. The summed E-state index contributed by atoms with van der Waals surface area (Å²) in [5.74, 6) is 1.67. The third-order valence-electron chi connectivity index (χ3n) is 2.72. The molecule has 84 valence electrons. The highest BCUT2D eigenvalue weighted by Crippen LogP contribution is 2.38. The molecule has 2 rings (SSSR count).